The zero-order valence-corrected chi connectivity index (χ0v) is 19.8. The minimum atomic E-state index is 0. The van der Waals surface area contributed by atoms with Crippen LogP contribution in [-0.4, -0.2) is 39.4 Å². The summed E-state index contributed by atoms with van der Waals surface area (Å²) in [5, 5.41) is 12.0. The molecule has 0 aromatic carbocycles. The van der Waals surface area contributed by atoms with Crippen molar-refractivity contribution in [1.82, 2.24) is 25.4 Å². The zero-order chi connectivity index (χ0) is 19.3. The van der Waals surface area contributed by atoms with E-state index in [0.29, 0.717) is 24.5 Å². The van der Waals surface area contributed by atoms with Crippen LogP contribution in [0.25, 0.3) is 0 Å². The van der Waals surface area contributed by atoms with E-state index in [1.807, 2.05) is 12.1 Å². The number of hydrogen-bond donors (Lipinski definition) is 2. The predicted molar refractivity (Wildman–Crippen MR) is 125 cm³/mol. The van der Waals surface area contributed by atoms with Gasteiger partial charge < -0.3 is 15.1 Å². The molecule has 1 aliphatic heterocycles. The summed E-state index contributed by atoms with van der Waals surface area (Å²) < 4.78 is 7.51. The van der Waals surface area contributed by atoms with Crippen LogP contribution in [0, 0.1) is 0 Å². The van der Waals surface area contributed by atoms with Gasteiger partial charge in [0.15, 0.2) is 11.8 Å². The van der Waals surface area contributed by atoms with Crippen LogP contribution in [-0.2, 0) is 19.4 Å². The number of halogens is 1. The van der Waals surface area contributed by atoms with Gasteiger partial charge in [0.05, 0.1) is 12.8 Å². The van der Waals surface area contributed by atoms with E-state index in [2.05, 4.69) is 29.2 Å². The van der Waals surface area contributed by atoms with Gasteiger partial charge in [0.25, 0.3) is 0 Å². The summed E-state index contributed by atoms with van der Waals surface area (Å²) in [4.78, 5) is 9.53. The number of furan rings is 1. The molecule has 3 heterocycles. The summed E-state index contributed by atoms with van der Waals surface area (Å²) in [6.45, 7) is 5.85. The zero-order valence-electron chi connectivity index (χ0n) is 17.4. The highest BCUT2D eigenvalue weighted by atomic mass is 127. The molecule has 1 fully saturated rings. The van der Waals surface area contributed by atoms with Crippen molar-refractivity contribution in [3.05, 3.63) is 35.8 Å². The van der Waals surface area contributed by atoms with Gasteiger partial charge in [-0.1, -0.05) is 26.7 Å². The molecule has 0 spiro atoms. The SMILES string of the molecule is CC(C)c1nc2n(n1)CC(NC(=NCCc1ccco1)NC1CCCC1)CC2.I. The molecule has 1 saturated carbocycles. The van der Waals surface area contributed by atoms with E-state index in [1.165, 1.54) is 25.7 Å². The van der Waals surface area contributed by atoms with E-state index in [1.54, 1.807) is 6.26 Å². The second kappa shape index (κ2) is 10.4. The summed E-state index contributed by atoms with van der Waals surface area (Å²) in [7, 11) is 0. The van der Waals surface area contributed by atoms with Crippen LogP contribution < -0.4 is 10.6 Å². The van der Waals surface area contributed by atoms with E-state index in [4.69, 9.17) is 19.5 Å². The van der Waals surface area contributed by atoms with Crippen LogP contribution in [0.3, 0.4) is 0 Å². The summed E-state index contributed by atoms with van der Waals surface area (Å²) in [5.74, 6) is 4.34. The molecular formula is C21H33IN6O. The number of aliphatic imine (C=N–C) groups is 1. The first kappa shape index (κ1) is 22.1. The Labute approximate surface area is 190 Å². The Hall–Kier alpha value is -1.58. The number of hydrogen-bond acceptors (Lipinski definition) is 4. The Bertz CT molecular complexity index is 779. The van der Waals surface area contributed by atoms with Crippen LogP contribution in [0.5, 0.6) is 0 Å². The second-order valence-corrected chi connectivity index (χ2v) is 8.29. The number of aryl methyl sites for hydroxylation is 1. The maximum Gasteiger partial charge on any atom is 0.191 e. The van der Waals surface area contributed by atoms with Crippen LogP contribution in [0.1, 0.15) is 69.3 Å². The molecular weight excluding hydrogens is 479 g/mol. The molecule has 1 unspecified atom stereocenters. The van der Waals surface area contributed by atoms with Crippen molar-refractivity contribution >= 4 is 29.9 Å². The van der Waals surface area contributed by atoms with Gasteiger partial charge in [0, 0.05) is 37.4 Å². The molecule has 2 N–H and O–H groups in total. The highest BCUT2D eigenvalue weighted by Crippen LogP contribution is 2.19. The third kappa shape index (κ3) is 5.96. The van der Waals surface area contributed by atoms with Crippen molar-refractivity contribution in [2.75, 3.05) is 6.54 Å². The Morgan fingerprint density at radius 1 is 1.24 bits per heavy atom. The predicted octanol–water partition coefficient (Wildman–Crippen LogP) is 3.65. The molecule has 1 atom stereocenters. The minimum Gasteiger partial charge on any atom is -0.469 e. The standard InChI is InChI=1S/C21H32N6O.HI/c1-15(2)20-25-19-10-9-17(14-27(19)26-20)24-21(23-16-6-3-4-7-16)22-12-11-18-8-5-13-28-18;/h5,8,13,15-17H,3-4,6-7,9-12,14H2,1-2H3,(H2,22,23,24);1H. The Kier molecular flexibility index (Phi) is 7.97. The topological polar surface area (TPSA) is 80.3 Å². The molecule has 29 heavy (non-hydrogen) atoms. The summed E-state index contributed by atoms with van der Waals surface area (Å²) in [6.07, 6.45) is 9.63. The molecule has 2 aliphatic rings. The fraction of sp³-hybridized carbons (Fsp3) is 0.667. The molecule has 7 nitrogen and oxygen atoms in total. The van der Waals surface area contributed by atoms with Crippen LogP contribution in [0.2, 0.25) is 0 Å². The monoisotopic (exact) mass is 512 g/mol. The first-order chi connectivity index (χ1) is 13.7. The second-order valence-electron chi connectivity index (χ2n) is 8.29. The van der Waals surface area contributed by atoms with E-state index < -0.39 is 0 Å². The average Bonchev–Trinajstić information content (AvgIpc) is 3.43. The molecule has 1 aliphatic carbocycles. The van der Waals surface area contributed by atoms with Crippen molar-refractivity contribution in [1.29, 1.82) is 0 Å². The van der Waals surface area contributed by atoms with E-state index in [-0.39, 0.29) is 24.0 Å². The van der Waals surface area contributed by atoms with Crippen LogP contribution >= 0.6 is 24.0 Å². The summed E-state index contributed by atoms with van der Waals surface area (Å²) in [5.41, 5.74) is 0. The number of nitrogens with one attached hydrogen (secondary N) is 2. The molecule has 2 aromatic heterocycles. The highest BCUT2D eigenvalue weighted by Gasteiger charge is 2.24. The van der Waals surface area contributed by atoms with Gasteiger partial charge in [0.1, 0.15) is 11.6 Å². The number of nitrogens with zero attached hydrogens (tertiary/aromatic N) is 4. The van der Waals surface area contributed by atoms with Gasteiger partial charge >= 0.3 is 0 Å². The maximum absolute atomic E-state index is 5.43. The molecule has 8 heteroatoms. The highest BCUT2D eigenvalue weighted by molar-refractivity contribution is 14.0. The third-order valence-corrected chi connectivity index (χ3v) is 5.64. The molecule has 160 valence electrons. The number of aromatic nitrogens is 3. The summed E-state index contributed by atoms with van der Waals surface area (Å²) in [6, 6.07) is 4.79. The molecule has 0 radical (unpaired) electrons. The quantitative estimate of drug-likeness (QED) is 0.351. The Morgan fingerprint density at radius 3 is 2.76 bits per heavy atom. The van der Waals surface area contributed by atoms with Gasteiger partial charge in [-0.25, -0.2) is 9.67 Å². The maximum atomic E-state index is 5.43. The minimum absolute atomic E-state index is 0. The van der Waals surface area contributed by atoms with Crippen molar-refractivity contribution in [2.24, 2.45) is 4.99 Å². The van der Waals surface area contributed by atoms with Crippen LogP contribution in [0.4, 0.5) is 0 Å². The average molecular weight is 512 g/mol. The van der Waals surface area contributed by atoms with E-state index >= 15 is 0 Å². The van der Waals surface area contributed by atoms with Crippen LogP contribution in [0.15, 0.2) is 27.8 Å². The lowest BCUT2D eigenvalue weighted by atomic mass is 10.1. The molecule has 0 amide bonds. The lowest BCUT2D eigenvalue weighted by Crippen LogP contribution is -2.49. The fourth-order valence-electron chi connectivity index (χ4n) is 4.01. The first-order valence-electron chi connectivity index (χ1n) is 10.7. The molecule has 4 rings (SSSR count). The molecule has 0 bridgehead atoms. The lowest BCUT2D eigenvalue weighted by Gasteiger charge is -2.27. The third-order valence-electron chi connectivity index (χ3n) is 5.64. The molecule has 2 aromatic rings. The lowest BCUT2D eigenvalue weighted by molar-refractivity contribution is 0.389. The van der Waals surface area contributed by atoms with Crippen molar-refractivity contribution in [3.8, 4) is 0 Å². The number of guanidine groups is 1. The van der Waals surface area contributed by atoms with Gasteiger partial charge in [-0.3, -0.25) is 4.99 Å². The van der Waals surface area contributed by atoms with Gasteiger partial charge in [-0.15, -0.1) is 24.0 Å². The largest absolute Gasteiger partial charge is 0.469 e. The van der Waals surface area contributed by atoms with E-state index in [9.17, 15) is 0 Å². The van der Waals surface area contributed by atoms with E-state index in [0.717, 1.165) is 49.2 Å². The Balaban J connectivity index is 0.00000240. The number of fused-ring (bicyclic) bond motifs is 1. The normalized spacial score (nSPS) is 19.8. The van der Waals surface area contributed by atoms with Gasteiger partial charge in [0.2, 0.25) is 0 Å². The van der Waals surface area contributed by atoms with Gasteiger partial charge in [-0.05, 0) is 31.4 Å². The fourth-order valence-corrected chi connectivity index (χ4v) is 4.01. The van der Waals surface area contributed by atoms with Crippen molar-refractivity contribution in [3.63, 3.8) is 0 Å². The first-order valence-corrected chi connectivity index (χ1v) is 10.7. The van der Waals surface area contributed by atoms with Crippen molar-refractivity contribution < 1.29 is 4.42 Å². The smallest absolute Gasteiger partial charge is 0.191 e. The number of rotatable bonds is 6. The van der Waals surface area contributed by atoms with Crippen molar-refractivity contribution in [2.45, 2.75) is 83.3 Å². The Morgan fingerprint density at radius 2 is 2.03 bits per heavy atom. The molecule has 0 saturated heterocycles. The van der Waals surface area contributed by atoms with Gasteiger partial charge in [-0.2, -0.15) is 5.10 Å². The summed E-state index contributed by atoms with van der Waals surface area (Å²) >= 11 is 0.